The van der Waals surface area contributed by atoms with Crippen LogP contribution < -0.4 is 5.32 Å². The lowest BCUT2D eigenvalue weighted by atomic mass is 9.94. The number of piperidine rings is 1. The fraction of sp³-hybridized carbons (Fsp3) is 0.471. The average Bonchev–Trinajstić information content (AvgIpc) is 2.90. The number of para-hydroxylation sites is 1. The van der Waals surface area contributed by atoms with E-state index in [1.807, 2.05) is 12.3 Å². The van der Waals surface area contributed by atoms with E-state index < -0.39 is 0 Å². The maximum Gasteiger partial charge on any atom is 0.0746 e. The zero-order chi connectivity index (χ0) is 13.4. The molecule has 1 N–H and O–H groups in total. The van der Waals surface area contributed by atoms with Crippen LogP contribution in [0.1, 0.15) is 18.4 Å². The standard InChI is InChI=1S/C17H21N3/c1-4-13-6-2-9-19-17(13)15(5-1)11-20-10-14-7-3-8-18-16(14)12-20/h1-2,4-6,9,14,16,18H,3,7-8,10-12H2. The van der Waals surface area contributed by atoms with Crippen LogP contribution in [0.25, 0.3) is 10.9 Å². The smallest absolute Gasteiger partial charge is 0.0746 e. The lowest BCUT2D eigenvalue weighted by molar-refractivity contribution is 0.313. The molecule has 4 rings (SSSR count). The van der Waals surface area contributed by atoms with E-state index in [1.165, 1.54) is 43.4 Å². The molecule has 2 aromatic rings. The number of hydrogen-bond donors (Lipinski definition) is 1. The van der Waals surface area contributed by atoms with Gasteiger partial charge in [-0.15, -0.1) is 0 Å². The Morgan fingerprint density at radius 1 is 1.20 bits per heavy atom. The van der Waals surface area contributed by atoms with Gasteiger partial charge in [-0.05, 0) is 36.9 Å². The number of aromatic nitrogens is 1. The van der Waals surface area contributed by atoms with E-state index >= 15 is 0 Å². The Morgan fingerprint density at radius 3 is 3.10 bits per heavy atom. The SMILES string of the molecule is c1cnc2c(CN3CC4CCCNC4C3)cccc2c1. The fourth-order valence-electron chi connectivity index (χ4n) is 3.80. The minimum Gasteiger partial charge on any atom is -0.312 e. The second kappa shape index (κ2) is 5.15. The second-order valence-electron chi connectivity index (χ2n) is 6.15. The van der Waals surface area contributed by atoms with Crippen molar-refractivity contribution in [3.63, 3.8) is 0 Å². The first-order valence-electron chi connectivity index (χ1n) is 7.68. The van der Waals surface area contributed by atoms with Crippen molar-refractivity contribution in [2.24, 2.45) is 5.92 Å². The monoisotopic (exact) mass is 267 g/mol. The number of nitrogens with zero attached hydrogens (tertiary/aromatic N) is 2. The first kappa shape index (κ1) is 12.3. The lowest BCUT2D eigenvalue weighted by Crippen LogP contribution is -2.40. The predicted molar refractivity (Wildman–Crippen MR) is 81.5 cm³/mol. The Bertz CT molecular complexity index is 591. The molecule has 104 valence electrons. The summed E-state index contributed by atoms with van der Waals surface area (Å²) in [6.07, 6.45) is 4.63. The number of benzene rings is 1. The zero-order valence-corrected chi connectivity index (χ0v) is 11.8. The second-order valence-corrected chi connectivity index (χ2v) is 6.15. The topological polar surface area (TPSA) is 28.2 Å². The number of hydrogen-bond acceptors (Lipinski definition) is 3. The van der Waals surface area contributed by atoms with Gasteiger partial charge in [-0.1, -0.05) is 24.3 Å². The van der Waals surface area contributed by atoms with Gasteiger partial charge in [0.25, 0.3) is 0 Å². The molecule has 0 aliphatic carbocycles. The lowest BCUT2D eigenvalue weighted by Gasteiger charge is -2.24. The van der Waals surface area contributed by atoms with Crippen LogP contribution in [-0.4, -0.2) is 35.6 Å². The van der Waals surface area contributed by atoms with Crippen molar-refractivity contribution in [2.45, 2.75) is 25.4 Å². The molecule has 3 nitrogen and oxygen atoms in total. The van der Waals surface area contributed by atoms with Gasteiger partial charge >= 0.3 is 0 Å². The third-order valence-corrected chi connectivity index (χ3v) is 4.79. The molecule has 2 aliphatic rings. The zero-order valence-electron chi connectivity index (χ0n) is 11.8. The van der Waals surface area contributed by atoms with E-state index in [-0.39, 0.29) is 0 Å². The van der Waals surface area contributed by atoms with E-state index in [0.717, 1.165) is 18.0 Å². The van der Waals surface area contributed by atoms with Crippen molar-refractivity contribution in [1.82, 2.24) is 15.2 Å². The molecule has 2 unspecified atom stereocenters. The Hall–Kier alpha value is -1.45. The Balaban J connectivity index is 1.56. The van der Waals surface area contributed by atoms with Crippen LogP contribution in [0.15, 0.2) is 36.5 Å². The molecule has 2 fully saturated rings. The first-order chi connectivity index (χ1) is 9.90. The van der Waals surface area contributed by atoms with Crippen LogP contribution in [0, 0.1) is 5.92 Å². The summed E-state index contributed by atoms with van der Waals surface area (Å²) in [6, 6.07) is 11.4. The Morgan fingerprint density at radius 2 is 2.15 bits per heavy atom. The number of pyridine rings is 1. The molecule has 0 saturated carbocycles. The quantitative estimate of drug-likeness (QED) is 0.905. The molecule has 0 amide bonds. The maximum absolute atomic E-state index is 4.57. The van der Waals surface area contributed by atoms with Crippen LogP contribution in [-0.2, 0) is 6.54 Å². The van der Waals surface area contributed by atoms with Gasteiger partial charge in [0.2, 0.25) is 0 Å². The molecule has 3 heterocycles. The number of nitrogens with one attached hydrogen (secondary N) is 1. The van der Waals surface area contributed by atoms with Crippen LogP contribution in [0.4, 0.5) is 0 Å². The Kier molecular flexibility index (Phi) is 3.17. The summed E-state index contributed by atoms with van der Waals surface area (Å²) in [6.45, 7) is 4.66. The number of rotatable bonds is 2. The third-order valence-electron chi connectivity index (χ3n) is 4.79. The summed E-state index contributed by atoms with van der Waals surface area (Å²) < 4.78 is 0. The predicted octanol–water partition coefficient (Wildman–Crippen LogP) is 2.42. The van der Waals surface area contributed by atoms with E-state index in [0.29, 0.717) is 6.04 Å². The van der Waals surface area contributed by atoms with E-state index in [2.05, 4.69) is 39.5 Å². The highest BCUT2D eigenvalue weighted by Gasteiger charge is 2.34. The molecule has 2 saturated heterocycles. The summed E-state index contributed by atoms with van der Waals surface area (Å²) in [4.78, 5) is 7.17. The molecule has 1 aromatic carbocycles. The number of fused-ring (bicyclic) bond motifs is 2. The van der Waals surface area contributed by atoms with Gasteiger partial charge in [0, 0.05) is 37.3 Å². The molecule has 2 aliphatic heterocycles. The molecule has 0 bridgehead atoms. The van der Waals surface area contributed by atoms with Crippen molar-refractivity contribution < 1.29 is 0 Å². The molecule has 2 atom stereocenters. The van der Waals surface area contributed by atoms with Gasteiger partial charge in [0.05, 0.1) is 5.52 Å². The molecular formula is C17H21N3. The molecule has 20 heavy (non-hydrogen) atoms. The number of likely N-dealkylation sites (tertiary alicyclic amines) is 1. The summed E-state index contributed by atoms with van der Waals surface area (Å²) in [5.41, 5.74) is 2.53. The molecule has 0 radical (unpaired) electrons. The molecular weight excluding hydrogens is 246 g/mol. The highest BCUT2D eigenvalue weighted by atomic mass is 15.2. The minimum absolute atomic E-state index is 0.715. The van der Waals surface area contributed by atoms with E-state index in [1.54, 1.807) is 0 Å². The third kappa shape index (κ3) is 2.21. The van der Waals surface area contributed by atoms with Crippen LogP contribution in [0.3, 0.4) is 0 Å². The van der Waals surface area contributed by atoms with Gasteiger partial charge in [-0.25, -0.2) is 0 Å². The van der Waals surface area contributed by atoms with Crippen molar-refractivity contribution >= 4 is 10.9 Å². The van der Waals surface area contributed by atoms with E-state index in [9.17, 15) is 0 Å². The first-order valence-corrected chi connectivity index (χ1v) is 7.68. The highest BCUT2D eigenvalue weighted by Crippen LogP contribution is 2.27. The highest BCUT2D eigenvalue weighted by molar-refractivity contribution is 5.81. The normalized spacial score (nSPS) is 26.8. The molecule has 3 heteroatoms. The maximum atomic E-state index is 4.57. The van der Waals surface area contributed by atoms with Gasteiger partial charge < -0.3 is 5.32 Å². The van der Waals surface area contributed by atoms with Gasteiger partial charge in [-0.2, -0.15) is 0 Å². The average molecular weight is 267 g/mol. The summed E-state index contributed by atoms with van der Waals surface area (Å²) >= 11 is 0. The molecule has 1 aromatic heterocycles. The largest absolute Gasteiger partial charge is 0.312 e. The summed E-state index contributed by atoms with van der Waals surface area (Å²) in [7, 11) is 0. The van der Waals surface area contributed by atoms with Crippen LogP contribution in [0.2, 0.25) is 0 Å². The van der Waals surface area contributed by atoms with E-state index in [4.69, 9.17) is 0 Å². The summed E-state index contributed by atoms with van der Waals surface area (Å²) in [5.74, 6) is 0.853. The van der Waals surface area contributed by atoms with Gasteiger partial charge in [-0.3, -0.25) is 9.88 Å². The Labute approximate surface area is 120 Å². The summed E-state index contributed by atoms with van der Waals surface area (Å²) in [5, 5.41) is 4.93. The van der Waals surface area contributed by atoms with Crippen LogP contribution >= 0.6 is 0 Å². The van der Waals surface area contributed by atoms with Gasteiger partial charge in [0.15, 0.2) is 0 Å². The van der Waals surface area contributed by atoms with Crippen LogP contribution in [0.5, 0.6) is 0 Å². The fourth-order valence-corrected chi connectivity index (χ4v) is 3.80. The van der Waals surface area contributed by atoms with Crippen molar-refractivity contribution in [3.8, 4) is 0 Å². The molecule has 0 spiro atoms. The van der Waals surface area contributed by atoms with Crippen molar-refractivity contribution in [1.29, 1.82) is 0 Å². The van der Waals surface area contributed by atoms with Crippen molar-refractivity contribution in [2.75, 3.05) is 19.6 Å². The van der Waals surface area contributed by atoms with Gasteiger partial charge in [0.1, 0.15) is 0 Å². The van der Waals surface area contributed by atoms with Crippen molar-refractivity contribution in [3.05, 3.63) is 42.1 Å². The minimum atomic E-state index is 0.715.